The summed E-state index contributed by atoms with van der Waals surface area (Å²) in [7, 11) is 7.17. The summed E-state index contributed by atoms with van der Waals surface area (Å²) in [5, 5.41) is 17.2. The Balaban J connectivity index is 3.10. The van der Waals surface area contributed by atoms with Crippen molar-refractivity contribution in [3.8, 4) is 11.5 Å². The number of hydrogen-bond donors (Lipinski definition) is 3. The van der Waals surface area contributed by atoms with Crippen molar-refractivity contribution in [1.29, 1.82) is 0 Å². The normalized spacial score (nSPS) is 14.7. The summed E-state index contributed by atoms with van der Waals surface area (Å²) in [5.74, 6) is 1.14. The second-order valence-corrected chi connectivity index (χ2v) is 12.7. The Morgan fingerprint density at radius 2 is 1.71 bits per heavy atom. The van der Waals surface area contributed by atoms with E-state index in [1.165, 1.54) is 0 Å². The Morgan fingerprint density at radius 1 is 1.02 bits per heavy atom. The monoisotopic (exact) mass is 595 g/mol. The number of nitrogens with zero attached hydrogens (tertiary/aromatic N) is 1. The van der Waals surface area contributed by atoms with Crippen LogP contribution in [0.4, 0.5) is 4.79 Å². The summed E-state index contributed by atoms with van der Waals surface area (Å²) >= 11 is 0. The Morgan fingerprint density at radius 3 is 2.29 bits per heavy atom. The second-order valence-electron chi connectivity index (χ2n) is 12.7. The number of carbonyl (C=O) groups excluding carboxylic acids is 2. The smallest absolute Gasteiger partial charge is 0.407 e. The molecule has 0 aliphatic rings. The SMILES string of the molecule is COCCCOc1cc(C[C@@H](C[C@H](NC(=O)OC(C)(C)C)[C@@H](O)C[C@@H](C)C(=O)NCCN(C)C)C(C)C)ccc1OC. The number of amides is 2. The first kappa shape index (κ1) is 37.5. The second kappa shape index (κ2) is 18.9. The van der Waals surface area contributed by atoms with Crippen LogP contribution in [0.1, 0.15) is 66.4 Å². The molecule has 1 aromatic carbocycles. The van der Waals surface area contributed by atoms with Crippen molar-refractivity contribution in [3.63, 3.8) is 0 Å². The van der Waals surface area contributed by atoms with Crippen LogP contribution in [-0.4, -0.2) is 94.4 Å². The minimum atomic E-state index is -0.941. The fourth-order valence-electron chi connectivity index (χ4n) is 4.55. The van der Waals surface area contributed by atoms with Crippen LogP contribution < -0.4 is 20.1 Å². The summed E-state index contributed by atoms with van der Waals surface area (Å²) in [6, 6.07) is 5.31. The molecule has 0 saturated carbocycles. The van der Waals surface area contributed by atoms with Gasteiger partial charge >= 0.3 is 6.09 Å². The molecule has 0 saturated heterocycles. The first-order valence-electron chi connectivity index (χ1n) is 15.0. The third-order valence-electron chi connectivity index (χ3n) is 7.04. The maximum atomic E-state index is 12.8. The Bertz CT molecular complexity index is 933. The van der Waals surface area contributed by atoms with Crippen molar-refractivity contribution in [3.05, 3.63) is 23.8 Å². The highest BCUT2D eigenvalue weighted by Gasteiger charge is 2.31. The molecule has 0 heterocycles. The van der Waals surface area contributed by atoms with Crippen LogP contribution in [0.25, 0.3) is 0 Å². The van der Waals surface area contributed by atoms with Gasteiger partial charge in [-0.05, 0) is 83.7 Å². The molecule has 0 bridgehead atoms. The molecule has 1 rings (SSSR count). The average Bonchev–Trinajstić information content (AvgIpc) is 2.88. The number of methoxy groups -OCH3 is 2. The van der Waals surface area contributed by atoms with E-state index in [1.54, 1.807) is 41.9 Å². The fourth-order valence-corrected chi connectivity index (χ4v) is 4.55. The van der Waals surface area contributed by atoms with Gasteiger partial charge in [0.15, 0.2) is 11.5 Å². The van der Waals surface area contributed by atoms with Crippen molar-refractivity contribution in [2.75, 3.05) is 54.6 Å². The lowest BCUT2D eigenvalue weighted by atomic mass is 9.82. The molecule has 0 fully saturated rings. The number of hydrogen-bond acceptors (Lipinski definition) is 8. The minimum Gasteiger partial charge on any atom is -0.493 e. The van der Waals surface area contributed by atoms with E-state index < -0.39 is 29.8 Å². The fraction of sp³-hybridized carbons (Fsp3) is 0.750. The van der Waals surface area contributed by atoms with Gasteiger partial charge in [-0.15, -0.1) is 0 Å². The van der Waals surface area contributed by atoms with Crippen molar-refractivity contribution in [1.82, 2.24) is 15.5 Å². The molecular weight excluding hydrogens is 538 g/mol. The Labute approximate surface area is 253 Å². The van der Waals surface area contributed by atoms with Gasteiger partial charge in [0.2, 0.25) is 5.91 Å². The number of ether oxygens (including phenoxy) is 4. The van der Waals surface area contributed by atoms with Gasteiger partial charge in [-0.25, -0.2) is 4.79 Å². The number of benzene rings is 1. The maximum absolute atomic E-state index is 12.8. The lowest BCUT2D eigenvalue weighted by molar-refractivity contribution is -0.125. The highest BCUT2D eigenvalue weighted by atomic mass is 16.6. The molecule has 1 aromatic rings. The molecule has 0 spiro atoms. The zero-order valence-corrected chi connectivity index (χ0v) is 27.6. The number of alkyl carbamates (subject to hydrolysis) is 1. The number of carbonyl (C=O) groups is 2. The standard InChI is InChI=1S/C32H57N3O7/c1-22(2)25(19-24-12-13-28(40-10)29(20-24)41-17-11-16-39-9)21-26(34-31(38)42-32(4,5)6)27(36)18-23(3)30(37)33-14-15-35(7)8/h12-13,20,22-23,25-27,36H,11,14-19,21H2,1-10H3,(H,33,37)(H,34,38)/t23-,25+,26+,27+/m1/s1. The molecule has 3 N–H and O–H groups in total. The van der Waals surface area contributed by atoms with Crippen molar-refractivity contribution < 1.29 is 33.6 Å². The topological polar surface area (TPSA) is 119 Å². The van der Waals surface area contributed by atoms with E-state index in [9.17, 15) is 14.7 Å². The summed E-state index contributed by atoms with van der Waals surface area (Å²) in [5.41, 5.74) is 0.384. The van der Waals surface area contributed by atoms with Crippen LogP contribution in [0.5, 0.6) is 11.5 Å². The molecule has 2 amide bonds. The summed E-state index contributed by atoms with van der Waals surface area (Å²) < 4.78 is 22.1. The highest BCUT2D eigenvalue weighted by Crippen LogP contribution is 2.32. The number of rotatable bonds is 19. The van der Waals surface area contributed by atoms with Crippen LogP contribution in [-0.2, 0) is 20.7 Å². The Hall–Kier alpha value is -2.56. The highest BCUT2D eigenvalue weighted by molar-refractivity contribution is 5.78. The summed E-state index contributed by atoms with van der Waals surface area (Å²) in [6.07, 6.45) is 0.651. The Kier molecular flexibility index (Phi) is 16.8. The van der Waals surface area contributed by atoms with Crippen molar-refractivity contribution >= 4 is 12.0 Å². The van der Waals surface area contributed by atoms with Gasteiger partial charge in [0, 0.05) is 39.1 Å². The zero-order valence-electron chi connectivity index (χ0n) is 27.6. The maximum Gasteiger partial charge on any atom is 0.407 e. The molecule has 42 heavy (non-hydrogen) atoms. The van der Waals surface area contributed by atoms with Gasteiger partial charge < -0.3 is 39.6 Å². The van der Waals surface area contributed by atoms with Crippen molar-refractivity contribution in [2.24, 2.45) is 17.8 Å². The molecule has 242 valence electrons. The van der Waals surface area contributed by atoms with Gasteiger partial charge in [0.25, 0.3) is 0 Å². The van der Waals surface area contributed by atoms with E-state index in [1.807, 2.05) is 37.2 Å². The summed E-state index contributed by atoms with van der Waals surface area (Å²) in [6.45, 7) is 13.8. The van der Waals surface area contributed by atoms with Gasteiger partial charge in [0.1, 0.15) is 5.60 Å². The third-order valence-corrected chi connectivity index (χ3v) is 7.04. The largest absolute Gasteiger partial charge is 0.493 e. The van der Waals surface area contributed by atoms with E-state index in [4.69, 9.17) is 18.9 Å². The predicted octanol–water partition coefficient (Wildman–Crippen LogP) is 4.27. The quantitative estimate of drug-likeness (QED) is 0.203. The van der Waals surface area contributed by atoms with Gasteiger partial charge in [-0.1, -0.05) is 26.8 Å². The number of nitrogens with one attached hydrogen (secondary N) is 2. The molecule has 0 unspecified atom stereocenters. The van der Waals surface area contributed by atoms with Crippen LogP contribution in [0.15, 0.2) is 18.2 Å². The van der Waals surface area contributed by atoms with E-state index in [-0.39, 0.29) is 24.2 Å². The first-order valence-corrected chi connectivity index (χ1v) is 15.0. The molecule has 0 radical (unpaired) electrons. The molecular formula is C32H57N3O7. The van der Waals surface area contributed by atoms with E-state index in [0.717, 1.165) is 18.5 Å². The van der Waals surface area contributed by atoms with E-state index in [2.05, 4.69) is 24.5 Å². The molecule has 4 atom stereocenters. The molecule has 0 aromatic heterocycles. The van der Waals surface area contributed by atoms with Crippen molar-refractivity contribution in [2.45, 2.75) is 85.0 Å². The first-order chi connectivity index (χ1) is 19.7. The number of aliphatic hydroxyl groups is 1. The third kappa shape index (κ3) is 15.1. The molecule has 0 aliphatic carbocycles. The van der Waals surface area contributed by atoms with Gasteiger partial charge in [-0.2, -0.15) is 0 Å². The lowest BCUT2D eigenvalue weighted by Gasteiger charge is -2.32. The van der Waals surface area contributed by atoms with Crippen LogP contribution in [0.3, 0.4) is 0 Å². The molecule has 10 nitrogen and oxygen atoms in total. The average molecular weight is 596 g/mol. The van der Waals surface area contributed by atoms with Gasteiger partial charge in [0.05, 0.1) is 25.9 Å². The van der Waals surface area contributed by atoms with Crippen LogP contribution in [0, 0.1) is 17.8 Å². The molecule has 0 aliphatic heterocycles. The van der Waals surface area contributed by atoms with Crippen LogP contribution >= 0.6 is 0 Å². The predicted molar refractivity (Wildman–Crippen MR) is 166 cm³/mol. The molecule has 10 heteroatoms. The number of aliphatic hydroxyl groups excluding tert-OH is 1. The summed E-state index contributed by atoms with van der Waals surface area (Å²) in [4.78, 5) is 27.5. The zero-order chi connectivity index (χ0) is 31.9. The van der Waals surface area contributed by atoms with Gasteiger partial charge in [-0.3, -0.25) is 4.79 Å². The van der Waals surface area contributed by atoms with E-state index >= 15 is 0 Å². The van der Waals surface area contributed by atoms with Crippen LogP contribution in [0.2, 0.25) is 0 Å². The number of likely N-dealkylation sites (N-methyl/N-ethyl adjacent to an activating group) is 1. The lowest BCUT2D eigenvalue weighted by Crippen LogP contribution is -2.48. The minimum absolute atomic E-state index is 0.110. The van der Waals surface area contributed by atoms with E-state index in [0.29, 0.717) is 44.1 Å².